The lowest BCUT2D eigenvalue weighted by molar-refractivity contribution is 0.0565. The van der Waals surface area contributed by atoms with Crippen LogP contribution in [0.1, 0.15) is 11.1 Å². The van der Waals surface area contributed by atoms with E-state index in [0.717, 1.165) is 43.1 Å². The van der Waals surface area contributed by atoms with Gasteiger partial charge in [0.1, 0.15) is 24.2 Å². The molecule has 1 aliphatic heterocycles. The predicted octanol–water partition coefficient (Wildman–Crippen LogP) is 2.51. The van der Waals surface area contributed by atoms with Crippen LogP contribution in [0.3, 0.4) is 0 Å². The van der Waals surface area contributed by atoms with Crippen LogP contribution in [-0.2, 0) is 17.6 Å². The van der Waals surface area contributed by atoms with E-state index in [1.165, 1.54) is 5.56 Å². The van der Waals surface area contributed by atoms with Crippen LogP contribution in [-0.4, -0.2) is 56.3 Å². The Morgan fingerprint density at radius 2 is 2.04 bits per heavy atom. The van der Waals surface area contributed by atoms with Crippen molar-refractivity contribution in [2.45, 2.75) is 18.9 Å². The summed E-state index contributed by atoms with van der Waals surface area (Å²) in [5.41, 5.74) is 2.38. The second-order valence-corrected chi connectivity index (χ2v) is 6.54. The van der Waals surface area contributed by atoms with Gasteiger partial charge in [-0.05, 0) is 42.2 Å². The average molecular weight is 357 g/mol. The molecule has 5 nitrogen and oxygen atoms in total. The molecular formula is C21H27NO4. The van der Waals surface area contributed by atoms with Crippen molar-refractivity contribution in [2.24, 2.45) is 0 Å². The fourth-order valence-electron chi connectivity index (χ4n) is 3.09. The minimum absolute atomic E-state index is 0.284. The van der Waals surface area contributed by atoms with E-state index in [1.807, 2.05) is 30.3 Å². The van der Waals surface area contributed by atoms with Crippen LogP contribution in [0.2, 0.25) is 0 Å². The molecule has 0 amide bonds. The van der Waals surface area contributed by atoms with Gasteiger partial charge in [-0.15, -0.1) is 0 Å². The number of para-hydroxylation sites is 1. The number of rotatable bonds is 9. The molecule has 2 aromatic carbocycles. The van der Waals surface area contributed by atoms with Crippen molar-refractivity contribution in [3.8, 4) is 11.5 Å². The Balaban J connectivity index is 1.53. The molecular weight excluding hydrogens is 330 g/mol. The maximum atomic E-state index is 10.2. The van der Waals surface area contributed by atoms with E-state index in [1.54, 1.807) is 7.11 Å². The Morgan fingerprint density at radius 1 is 1.15 bits per heavy atom. The minimum Gasteiger partial charge on any atom is -0.497 e. The molecule has 0 unspecified atom stereocenters. The average Bonchev–Trinajstić information content (AvgIpc) is 3.18. The van der Waals surface area contributed by atoms with Crippen LogP contribution >= 0.6 is 0 Å². The topological polar surface area (TPSA) is 51.2 Å². The number of nitrogens with zero attached hydrogens (tertiary/aromatic N) is 1. The van der Waals surface area contributed by atoms with E-state index < -0.39 is 6.10 Å². The summed E-state index contributed by atoms with van der Waals surface area (Å²) in [6.07, 6.45) is 1.26. The lowest BCUT2D eigenvalue weighted by Crippen LogP contribution is -2.34. The molecule has 140 valence electrons. The number of aliphatic hydroxyl groups excluding tert-OH is 1. The molecule has 0 aromatic heterocycles. The maximum absolute atomic E-state index is 10.2. The number of aliphatic hydroxyl groups is 1. The molecule has 2 aromatic rings. The zero-order valence-corrected chi connectivity index (χ0v) is 15.3. The standard InChI is InChI=1S/C21H27NO4/c1-24-20-7-4-5-17(13-20)9-10-18-6-2-3-8-21(18)26-15-19(23)14-22-11-12-25-16-22/h2-8,13,19,23H,9-12,14-16H2,1H3/t19-/m0/s1. The third-order valence-electron chi connectivity index (χ3n) is 4.52. The van der Waals surface area contributed by atoms with Gasteiger partial charge in [-0.1, -0.05) is 30.3 Å². The van der Waals surface area contributed by atoms with Crippen molar-refractivity contribution in [1.29, 1.82) is 0 Å². The van der Waals surface area contributed by atoms with Gasteiger partial charge in [-0.25, -0.2) is 0 Å². The summed E-state index contributed by atoms with van der Waals surface area (Å²) >= 11 is 0. The van der Waals surface area contributed by atoms with Crippen molar-refractivity contribution in [3.63, 3.8) is 0 Å². The van der Waals surface area contributed by atoms with Gasteiger partial charge in [0, 0.05) is 13.1 Å². The van der Waals surface area contributed by atoms with E-state index in [0.29, 0.717) is 13.3 Å². The lowest BCUT2D eigenvalue weighted by Gasteiger charge is -2.19. The first-order valence-electron chi connectivity index (χ1n) is 9.06. The molecule has 0 saturated carbocycles. The Bertz CT molecular complexity index is 685. The monoisotopic (exact) mass is 357 g/mol. The molecule has 1 saturated heterocycles. The zero-order valence-electron chi connectivity index (χ0n) is 15.3. The first-order valence-corrected chi connectivity index (χ1v) is 9.06. The van der Waals surface area contributed by atoms with Gasteiger partial charge < -0.3 is 19.3 Å². The Hall–Kier alpha value is -2.08. The molecule has 1 heterocycles. The number of methoxy groups -OCH3 is 1. The number of benzene rings is 2. The number of hydrogen-bond acceptors (Lipinski definition) is 5. The predicted molar refractivity (Wildman–Crippen MR) is 101 cm³/mol. The summed E-state index contributed by atoms with van der Waals surface area (Å²) in [6, 6.07) is 16.2. The highest BCUT2D eigenvalue weighted by Gasteiger charge is 2.17. The lowest BCUT2D eigenvalue weighted by atomic mass is 10.0. The number of ether oxygens (including phenoxy) is 3. The summed E-state index contributed by atoms with van der Waals surface area (Å²) in [5.74, 6) is 1.72. The SMILES string of the molecule is COc1cccc(CCc2ccccc2OC[C@@H](O)CN2CCOC2)c1. The third-order valence-corrected chi connectivity index (χ3v) is 4.52. The molecule has 3 rings (SSSR count). The van der Waals surface area contributed by atoms with Gasteiger partial charge in [0.05, 0.1) is 20.4 Å². The van der Waals surface area contributed by atoms with Crippen LogP contribution in [0.5, 0.6) is 11.5 Å². The van der Waals surface area contributed by atoms with Gasteiger partial charge in [0.15, 0.2) is 0 Å². The Kier molecular flexibility index (Phi) is 6.89. The quantitative estimate of drug-likeness (QED) is 0.747. The van der Waals surface area contributed by atoms with Gasteiger partial charge in [-0.2, -0.15) is 0 Å². The maximum Gasteiger partial charge on any atom is 0.122 e. The first kappa shape index (κ1) is 18.7. The highest BCUT2D eigenvalue weighted by Crippen LogP contribution is 2.21. The van der Waals surface area contributed by atoms with E-state index in [4.69, 9.17) is 14.2 Å². The summed E-state index contributed by atoms with van der Waals surface area (Å²) in [6.45, 7) is 3.06. The second kappa shape index (κ2) is 9.57. The van der Waals surface area contributed by atoms with Crippen LogP contribution < -0.4 is 9.47 Å². The zero-order chi connectivity index (χ0) is 18.2. The fraction of sp³-hybridized carbons (Fsp3) is 0.429. The molecule has 0 spiro atoms. The summed E-state index contributed by atoms with van der Waals surface area (Å²) < 4.78 is 16.5. The molecule has 1 atom stereocenters. The molecule has 0 bridgehead atoms. The van der Waals surface area contributed by atoms with Crippen LogP contribution in [0.4, 0.5) is 0 Å². The molecule has 26 heavy (non-hydrogen) atoms. The molecule has 1 N–H and O–H groups in total. The van der Waals surface area contributed by atoms with E-state index in [2.05, 4.69) is 23.1 Å². The smallest absolute Gasteiger partial charge is 0.122 e. The fourth-order valence-corrected chi connectivity index (χ4v) is 3.09. The normalized spacial score (nSPS) is 15.8. The molecule has 1 fully saturated rings. The van der Waals surface area contributed by atoms with Crippen molar-refractivity contribution in [2.75, 3.05) is 40.1 Å². The van der Waals surface area contributed by atoms with Crippen molar-refractivity contribution >= 4 is 0 Å². The van der Waals surface area contributed by atoms with E-state index in [-0.39, 0.29) is 6.61 Å². The summed E-state index contributed by atoms with van der Waals surface area (Å²) in [4.78, 5) is 2.09. The number of β-amino-alcohol motifs (C(OH)–C–C–N with tert-alkyl or cyclic N) is 1. The first-order chi connectivity index (χ1) is 12.7. The van der Waals surface area contributed by atoms with Crippen molar-refractivity contribution in [1.82, 2.24) is 4.90 Å². The van der Waals surface area contributed by atoms with Gasteiger partial charge in [0.2, 0.25) is 0 Å². The molecule has 1 aliphatic rings. The van der Waals surface area contributed by atoms with Crippen molar-refractivity contribution < 1.29 is 19.3 Å². The summed E-state index contributed by atoms with van der Waals surface area (Å²) in [7, 11) is 1.68. The number of aryl methyl sites for hydroxylation is 2. The van der Waals surface area contributed by atoms with Gasteiger partial charge in [0.25, 0.3) is 0 Å². The van der Waals surface area contributed by atoms with Crippen LogP contribution in [0, 0.1) is 0 Å². The molecule has 0 aliphatic carbocycles. The van der Waals surface area contributed by atoms with Gasteiger partial charge >= 0.3 is 0 Å². The Labute approximate surface area is 155 Å². The second-order valence-electron chi connectivity index (χ2n) is 6.54. The van der Waals surface area contributed by atoms with Crippen LogP contribution in [0.15, 0.2) is 48.5 Å². The van der Waals surface area contributed by atoms with Crippen LogP contribution in [0.25, 0.3) is 0 Å². The molecule has 5 heteroatoms. The minimum atomic E-state index is -0.525. The highest BCUT2D eigenvalue weighted by molar-refractivity contribution is 5.35. The number of hydrogen-bond donors (Lipinski definition) is 1. The van der Waals surface area contributed by atoms with Gasteiger partial charge in [-0.3, -0.25) is 4.90 Å². The van der Waals surface area contributed by atoms with Crippen molar-refractivity contribution in [3.05, 3.63) is 59.7 Å². The third kappa shape index (κ3) is 5.46. The molecule has 0 radical (unpaired) electrons. The van der Waals surface area contributed by atoms with E-state index >= 15 is 0 Å². The largest absolute Gasteiger partial charge is 0.497 e. The highest BCUT2D eigenvalue weighted by atomic mass is 16.5. The Morgan fingerprint density at radius 3 is 2.85 bits per heavy atom. The summed E-state index contributed by atoms with van der Waals surface area (Å²) in [5, 5.41) is 10.2. The van der Waals surface area contributed by atoms with E-state index in [9.17, 15) is 5.11 Å².